The SMILES string of the molecule is CCN(C)COC=NC. The third-order valence-corrected chi connectivity index (χ3v) is 1.01. The molecule has 0 rings (SSSR count). The Balaban J connectivity index is 3.06. The average molecular weight is 130 g/mol. The summed E-state index contributed by atoms with van der Waals surface area (Å²) < 4.78 is 4.97. The zero-order valence-electron chi connectivity index (χ0n) is 6.29. The topological polar surface area (TPSA) is 24.8 Å². The molecule has 0 aromatic rings. The molecule has 0 aliphatic rings. The highest BCUT2D eigenvalue weighted by Gasteiger charge is 1.88. The molecule has 0 N–H and O–H groups in total. The number of aliphatic imine (C=N–C) groups is 1. The molecule has 0 aliphatic heterocycles. The lowest BCUT2D eigenvalue weighted by Gasteiger charge is -2.11. The minimum atomic E-state index is 0.619. The first kappa shape index (κ1) is 8.43. The van der Waals surface area contributed by atoms with Crippen molar-refractivity contribution in [2.24, 2.45) is 4.99 Å². The van der Waals surface area contributed by atoms with E-state index < -0.39 is 0 Å². The van der Waals surface area contributed by atoms with E-state index in [2.05, 4.69) is 11.9 Å². The van der Waals surface area contributed by atoms with Crippen LogP contribution in [0.3, 0.4) is 0 Å². The molecule has 0 bridgehead atoms. The molecule has 0 saturated heterocycles. The van der Waals surface area contributed by atoms with Crippen LogP contribution in [0.4, 0.5) is 0 Å². The van der Waals surface area contributed by atoms with E-state index in [9.17, 15) is 0 Å². The lowest BCUT2D eigenvalue weighted by atomic mass is 10.7. The maximum Gasteiger partial charge on any atom is 0.171 e. The van der Waals surface area contributed by atoms with Crippen molar-refractivity contribution in [1.29, 1.82) is 0 Å². The molecule has 0 unspecified atom stereocenters. The molecule has 0 spiro atoms. The lowest BCUT2D eigenvalue weighted by Crippen LogP contribution is -2.20. The van der Waals surface area contributed by atoms with Crippen molar-refractivity contribution >= 4 is 6.40 Å². The first-order valence-electron chi connectivity index (χ1n) is 3.02. The largest absolute Gasteiger partial charge is 0.468 e. The van der Waals surface area contributed by atoms with Crippen molar-refractivity contribution in [3.05, 3.63) is 0 Å². The van der Waals surface area contributed by atoms with Gasteiger partial charge in [0.15, 0.2) is 6.40 Å². The molecule has 0 saturated carbocycles. The second-order valence-corrected chi connectivity index (χ2v) is 1.83. The number of nitrogens with zero attached hydrogens (tertiary/aromatic N) is 2. The Morgan fingerprint density at radius 3 is 2.78 bits per heavy atom. The van der Waals surface area contributed by atoms with Gasteiger partial charge in [0.25, 0.3) is 0 Å². The Kier molecular flexibility index (Phi) is 5.21. The maximum absolute atomic E-state index is 4.97. The monoisotopic (exact) mass is 130 g/mol. The normalized spacial score (nSPS) is 11.1. The molecule has 0 atom stereocenters. The van der Waals surface area contributed by atoms with Crippen LogP contribution < -0.4 is 0 Å². The van der Waals surface area contributed by atoms with Gasteiger partial charge in [-0.05, 0) is 13.6 Å². The van der Waals surface area contributed by atoms with Crippen molar-refractivity contribution in [2.45, 2.75) is 6.92 Å². The van der Waals surface area contributed by atoms with Gasteiger partial charge in [0.1, 0.15) is 6.73 Å². The summed E-state index contributed by atoms with van der Waals surface area (Å²) in [4.78, 5) is 5.71. The van der Waals surface area contributed by atoms with E-state index in [1.54, 1.807) is 7.05 Å². The van der Waals surface area contributed by atoms with E-state index >= 15 is 0 Å². The number of hydrogen-bond acceptors (Lipinski definition) is 3. The van der Waals surface area contributed by atoms with Crippen molar-refractivity contribution < 1.29 is 4.74 Å². The molecule has 3 heteroatoms. The Bertz CT molecular complexity index is 83.1. The van der Waals surface area contributed by atoms with Crippen LogP contribution in [0.1, 0.15) is 6.92 Å². The van der Waals surface area contributed by atoms with E-state index in [0.29, 0.717) is 6.73 Å². The molecular weight excluding hydrogens is 116 g/mol. The molecule has 0 fully saturated rings. The van der Waals surface area contributed by atoms with Crippen LogP contribution in [0.2, 0.25) is 0 Å². The Morgan fingerprint density at radius 1 is 1.67 bits per heavy atom. The molecule has 54 valence electrons. The summed E-state index contributed by atoms with van der Waals surface area (Å²) in [5.74, 6) is 0. The van der Waals surface area contributed by atoms with Gasteiger partial charge >= 0.3 is 0 Å². The number of ether oxygens (including phenoxy) is 1. The quantitative estimate of drug-likeness (QED) is 0.316. The van der Waals surface area contributed by atoms with E-state index in [0.717, 1.165) is 6.54 Å². The standard InChI is InChI=1S/C6H14N2O/c1-4-8(3)6-9-5-7-2/h5H,4,6H2,1-3H3. The molecule has 0 heterocycles. The van der Waals surface area contributed by atoms with Crippen LogP contribution in [0.5, 0.6) is 0 Å². The van der Waals surface area contributed by atoms with Crippen LogP contribution in [-0.2, 0) is 4.74 Å². The van der Waals surface area contributed by atoms with Crippen LogP contribution in [0.15, 0.2) is 4.99 Å². The third kappa shape index (κ3) is 5.30. The van der Waals surface area contributed by atoms with Crippen molar-refractivity contribution in [3.63, 3.8) is 0 Å². The fourth-order valence-corrected chi connectivity index (χ4v) is 0.326. The van der Waals surface area contributed by atoms with E-state index in [4.69, 9.17) is 4.74 Å². The summed E-state index contributed by atoms with van der Waals surface area (Å²) >= 11 is 0. The predicted molar refractivity (Wildman–Crippen MR) is 38.7 cm³/mol. The fraction of sp³-hybridized carbons (Fsp3) is 0.833. The van der Waals surface area contributed by atoms with Crippen molar-refractivity contribution in [3.8, 4) is 0 Å². The van der Waals surface area contributed by atoms with Gasteiger partial charge in [-0.2, -0.15) is 0 Å². The number of rotatable bonds is 4. The van der Waals surface area contributed by atoms with Crippen LogP contribution in [0, 0.1) is 0 Å². The molecule has 0 aromatic heterocycles. The van der Waals surface area contributed by atoms with Gasteiger partial charge in [-0.25, -0.2) is 0 Å². The Morgan fingerprint density at radius 2 is 2.33 bits per heavy atom. The van der Waals surface area contributed by atoms with E-state index in [1.165, 1.54) is 6.40 Å². The average Bonchev–Trinajstić information content (AvgIpc) is 1.89. The Hall–Kier alpha value is -0.570. The summed E-state index contributed by atoms with van der Waals surface area (Å²) in [6, 6.07) is 0. The molecule has 3 nitrogen and oxygen atoms in total. The van der Waals surface area contributed by atoms with E-state index in [1.807, 2.05) is 11.9 Å². The second kappa shape index (κ2) is 5.56. The smallest absolute Gasteiger partial charge is 0.171 e. The fourth-order valence-electron chi connectivity index (χ4n) is 0.326. The van der Waals surface area contributed by atoms with Gasteiger partial charge in [-0.3, -0.25) is 9.89 Å². The first-order chi connectivity index (χ1) is 4.31. The van der Waals surface area contributed by atoms with Gasteiger partial charge in [-0.1, -0.05) is 6.92 Å². The minimum Gasteiger partial charge on any atom is -0.468 e. The molecule has 0 aromatic carbocycles. The van der Waals surface area contributed by atoms with Crippen LogP contribution in [0.25, 0.3) is 0 Å². The summed E-state index contributed by atoms with van der Waals surface area (Å²) in [7, 11) is 3.68. The Labute approximate surface area is 56.3 Å². The van der Waals surface area contributed by atoms with Gasteiger partial charge in [0, 0.05) is 7.05 Å². The molecule has 9 heavy (non-hydrogen) atoms. The summed E-state index contributed by atoms with van der Waals surface area (Å²) in [5, 5.41) is 0. The third-order valence-electron chi connectivity index (χ3n) is 1.01. The van der Waals surface area contributed by atoms with Crippen molar-refractivity contribution in [1.82, 2.24) is 4.90 Å². The molecule has 0 aliphatic carbocycles. The van der Waals surface area contributed by atoms with Gasteiger partial charge in [0.2, 0.25) is 0 Å². The highest BCUT2D eigenvalue weighted by molar-refractivity contribution is 5.45. The zero-order chi connectivity index (χ0) is 7.11. The van der Waals surface area contributed by atoms with Gasteiger partial charge in [-0.15, -0.1) is 0 Å². The molecule has 0 amide bonds. The van der Waals surface area contributed by atoms with Gasteiger partial charge in [0.05, 0.1) is 0 Å². The summed E-state index contributed by atoms with van der Waals surface area (Å²) in [6.45, 7) is 3.69. The van der Waals surface area contributed by atoms with Crippen LogP contribution >= 0.6 is 0 Å². The number of hydrogen-bond donors (Lipinski definition) is 0. The lowest BCUT2D eigenvalue weighted by molar-refractivity contribution is 0.156. The predicted octanol–water partition coefficient (Wildman–Crippen LogP) is 0.570. The maximum atomic E-state index is 4.97. The first-order valence-corrected chi connectivity index (χ1v) is 3.02. The van der Waals surface area contributed by atoms with E-state index in [-0.39, 0.29) is 0 Å². The highest BCUT2D eigenvalue weighted by atomic mass is 16.5. The minimum absolute atomic E-state index is 0.619. The van der Waals surface area contributed by atoms with Gasteiger partial charge < -0.3 is 4.74 Å². The molecule has 0 radical (unpaired) electrons. The highest BCUT2D eigenvalue weighted by Crippen LogP contribution is 1.78. The zero-order valence-corrected chi connectivity index (χ0v) is 6.29. The molecular formula is C6H14N2O. The van der Waals surface area contributed by atoms with Crippen LogP contribution in [-0.4, -0.2) is 38.7 Å². The summed E-state index contributed by atoms with van der Waals surface area (Å²) in [6.07, 6.45) is 1.45. The second-order valence-electron chi connectivity index (χ2n) is 1.83. The summed E-state index contributed by atoms with van der Waals surface area (Å²) in [5.41, 5.74) is 0. The van der Waals surface area contributed by atoms with Crippen molar-refractivity contribution in [2.75, 3.05) is 27.4 Å².